The van der Waals surface area contributed by atoms with Gasteiger partial charge in [-0.05, 0) is 45.2 Å². The molecule has 1 atom stereocenters. The van der Waals surface area contributed by atoms with Gasteiger partial charge in [0.05, 0.1) is 6.54 Å². The number of fused-ring (bicyclic) bond motifs is 1. The van der Waals surface area contributed by atoms with Gasteiger partial charge >= 0.3 is 0 Å². The maximum Gasteiger partial charge on any atom is 0.191 e. The number of rotatable bonds is 9. The van der Waals surface area contributed by atoms with Crippen LogP contribution in [0.2, 0.25) is 0 Å². The molecule has 8 heteroatoms. The number of guanidine groups is 1. The summed E-state index contributed by atoms with van der Waals surface area (Å²) in [5, 5.41) is 15.4. The molecule has 1 aromatic carbocycles. The predicted octanol–water partition coefficient (Wildman–Crippen LogP) is 3.10. The first kappa shape index (κ1) is 22.1. The molecule has 1 aromatic heterocycles. The molecule has 164 valence electrons. The zero-order chi connectivity index (χ0) is 21.2. The Morgan fingerprint density at radius 2 is 2.17 bits per heavy atom. The monoisotopic (exact) mass is 416 g/mol. The van der Waals surface area contributed by atoms with Gasteiger partial charge in [0.25, 0.3) is 0 Å². The second-order valence-corrected chi connectivity index (χ2v) is 7.63. The van der Waals surface area contributed by atoms with Crippen molar-refractivity contribution in [2.75, 3.05) is 19.6 Å². The fourth-order valence-electron chi connectivity index (χ4n) is 3.55. The van der Waals surface area contributed by atoms with Crippen LogP contribution in [-0.2, 0) is 19.4 Å². The van der Waals surface area contributed by atoms with Crippen molar-refractivity contribution >= 4 is 5.96 Å². The smallest absolute Gasteiger partial charge is 0.191 e. The standard InChI is InChI=1S/C22H33FN6O/c1-3-24-22(26-16-17(2)30-19-10-7-9-18(23)15-19)25-13-8-12-21-28-27-20-11-5-4-6-14-29(20)21/h7,9-10,15,17H,3-6,8,11-14,16H2,1-2H3,(H2,24,25,26). The first-order chi connectivity index (χ1) is 14.7. The molecule has 0 saturated carbocycles. The molecule has 0 aliphatic carbocycles. The lowest BCUT2D eigenvalue weighted by atomic mass is 10.2. The van der Waals surface area contributed by atoms with Gasteiger partial charge in [-0.15, -0.1) is 10.2 Å². The number of hydrogen-bond acceptors (Lipinski definition) is 4. The third kappa shape index (κ3) is 6.71. The van der Waals surface area contributed by atoms with Gasteiger partial charge in [0.15, 0.2) is 5.96 Å². The average molecular weight is 417 g/mol. The molecule has 7 nitrogen and oxygen atoms in total. The summed E-state index contributed by atoms with van der Waals surface area (Å²) in [5.74, 6) is 3.20. The fourth-order valence-corrected chi connectivity index (χ4v) is 3.55. The van der Waals surface area contributed by atoms with Crippen molar-refractivity contribution in [3.05, 3.63) is 41.7 Å². The van der Waals surface area contributed by atoms with Gasteiger partial charge in [0, 0.05) is 38.5 Å². The summed E-state index contributed by atoms with van der Waals surface area (Å²) in [6.45, 7) is 7.06. The van der Waals surface area contributed by atoms with Gasteiger partial charge in [-0.2, -0.15) is 0 Å². The SMILES string of the molecule is CCNC(=NCC(C)Oc1cccc(F)c1)NCCCc1nnc2n1CCCCC2. The first-order valence-electron chi connectivity index (χ1n) is 11.0. The van der Waals surface area contributed by atoms with Gasteiger partial charge < -0.3 is 19.9 Å². The molecule has 0 bridgehead atoms. The highest BCUT2D eigenvalue weighted by Crippen LogP contribution is 2.15. The highest BCUT2D eigenvalue weighted by Gasteiger charge is 2.14. The number of aromatic nitrogens is 3. The van der Waals surface area contributed by atoms with Crippen LogP contribution < -0.4 is 15.4 Å². The minimum absolute atomic E-state index is 0.159. The largest absolute Gasteiger partial charge is 0.489 e. The van der Waals surface area contributed by atoms with E-state index in [1.807, 2.05) is 13.8 Å². The molecule has 1 aliphatic rings. The van der Waals surface area contributed by atoms with Gasteiger partial charge in [0.1, 0.15) is 29.3 Å². The van der Waals surface area contributed by atoms with E-state index in [2.05, 4.69) is 30.4 Å². The van der Waals surface area contributed by atoms with Crippen LogP contribution in [-0.4, -0.2) is 46.5 Å². The predicted molar refractivity (Wildman–Crippen MR) is 116 cm³/mol. The maximum absolute atomic E-state index is 13.3. The second-order valence-electron chi connectivity index (χ2n) is 7.63. The summed E-state index contributed by atoms with van der Waals surface area (Å²) in [7, 11) is 0. The van der Waals surface area contributed by atoms with E-state index in [4.69, 9.17) is 4.74 Å². The molecule has 0 fully saturated rings. The van der Waals surface area contributed by atoms with E-state index in [-0.39, 0.29) is 11.9 Å². The number of aliphatic imine (C=N–C) groups is 1. The van der Waals surface area contributed by atoms with Crippen molar-refractivity contribution in [1.82, 2.24) is 25.4 Å². The van der Waals surface area contributed by atoms with Crippen LogP contribution >= 0.6 is 0 Å². The maximum atomic E-state index is 13.3. The average Bonchev–Trinajstić information content (AvgIpc) is 2.95. The minimum Gasteiger partial charge on any atom is -0.489 e. The number of halogens is 1. The molecule has 0 spiro atoms. The molecule has 2 N–H and O–H groups in total. The van der Waals surface area contributed by atoms with Crippen LogP contribution in [0.1, 0.15) is 51.2 Å². The third-order valence-corrected chi connectivity index (χ3v) is 5.04. The second kappa shape index (κ2) is 11.5. The Balaban J connectivity index is 1.44. The van der Waals surface area contributed by atoms with Gasteiger partial charge in [-0.1, -0.05) is 12.5 Å². The Kier molecular flexibility index (Phi) is 8.47. The molecule has 3 rings (SSSR count). The quantitative estimate of drug-likeness (QED) is 0.373. The summed E-state index contributed by atoms with van der Waals surface area (Å²) < 4.78 is 21.3. The molecule has 1 aliphatic heterocycles. The van der Waals surface area contributed by atoms with Crippen LogP contribution in [0.25, 0.3) is 0 Å². The Labute approximate surface area is 178 Å². The van der Waals surface area contributed by atoms with E-state index >= 15 is 0 Å². The molecule has 30 heavy (non-hydrogen) atoms. The zero-order valence-corrected chi connectivity index (χ0v) is 18.0. The number of nitrogens with one attached hydrogen (secondary N) is 2. The molecule has 2 aromatic rings. The Morgan fingerprint density at radius 1 is 1.27 bits per heavy atom. The van der Waals surface area contributed by atoms with E-state index in [0.717, 1.165) is 56.5 Å². The van der Waals surface area contributed by atoms with Gasteiger partial charge in [-0.25, -0.2) is 9.38 Å². The van der Waals surface area contributed by atoms with Crippen molar-refractivity contribution in [1.29, 1.82) is 0 Å². The molecular weight excluding hydrogens is 383 g/mol. The lowest BCUT2D eigenvalue weighted by molar-refractivity contribution is 0.229. The summed E-state index contributed by atoms with van der Waals surface area (Å²) in [4.78, 5) is 4.59. The summed E-state index contributed by atoms with van der Waals surface area (Å²) in [6, 6.07) is 6.17. The van der Waals surface area contributed by atoms with Crippen LogP contribution in [0, 0.1) is 5.82 Å². The highest BCUT2D eigenvalue weighted by atomic mass is 19.1. The number of aryl methyl sites for hydroxylation is 2. The van der Waals surface area contributed by atoms with E-state index in [0.29, 0.717) is 12.3 Å². The van der Waals surface area contributed by atoms with Crippen molar-refractivity contribution in [3.8, 4) is 5.75 Å². The van der Waals surface area contributed by atoms with Crippen molar-refractivity contribution < 1.29 is 9.13 Å². The van der Waals surface area contributed by atoms with Gasteiger partial charge in [-0.3, -0.25) is 0 Å². The Hall–Kier alpha value is -2.64. The minimum atomic E-state index is -0.303. The molecule has 0 amide bonds. The molecule has 1 unspecified atom stereocenters. The first-order valence-corrected chi connectivity index (χ1v) is 11.0. The normalized spacial score (nSPS) is 15.2. The van der Waals surface area contributed by atoms with Crippen LogP contribution in [0.5, 0.6) is 5.75 Å². The van der Waals surface area contributed by atoms with E-state index in [1.165, 1.54) is 31.4 Å². The van der Waals surface area contributed by atoms with E-state index in [1.54, 1.807) is 12.1 Å². The molecule has 0 saturated heterocycles. The van der Waals surface area contributed by atoms with Crippen molar-refractivity contribution in [2.45, 2.75) is 65.0 Å². The fraction of sp³-hybridized carbons (Fsp3) is 0.591. The molecular formula is C22H33FN6O. The molecule has 2 heterocycles. The van der Waals surface area contributed by atoms with E-state index in [9.17, 15) is 4.39 Å². The number of hydrogen-bond donors (Lipinski definition) is 2. The third-order valence-electron chi connectivity index (χ3n) is 5.04. The summed E-state index contributed by atoms with van der Waals surface area (Å²) in [5.41, 5.74) is 0. The van der Waals surface area contributed by atoms with Gasteiger partial charge in [0.2, 0.25) is 0 Å². The van der Waals surface area contributed by atoms with Crippen molar-refractivity contribution in [2.24, 2.45) is 4.99 Å². The van der Waals surface area contributed by atoms with E-state index < -0.39 is 0 Å². The lowest BCUT2D eigenvalue weighted by Crippen LogP contribution is -2.38. The number of benzene rings is 1. The lowest BCUT2D eigenvalue weighted by Gasteiger charge is -2.15. The zero-order valence-electron chi connectivity index (χ0n) is 18.0. The van der Waals surface area contributed by atoms with Crippen LogP contribution in [0.3, 0.4) is 0 Å². The van der Waals surface area contributed by atoms with Crippen LogP contribution in [0.15, 0.2) is 29.3 Å². The number of nitrogens with zero attached hydrogens (tertiary/aromatic N) is 4. The topological polar surface area (TPSA) is 76.4 Å². The molecule has 0 radical (unpaired) electrons. The summed E-state index contributed by atoms with van der Waals surface area (Å²) in [6.07, 6.45) is 6.43. The Morgan fingerprint density at radius 3 is 3.00 bits per heavy atom. The summed E-state index contributed by atoms with van der Waals surface area (Å²) >= 11 is 0. The highest BCUT2D eigenvalue weighted by molar-refractivity contribution is 5.79. The van der Waals surface area contributed by atoms with Crippen molar-refractivity contribution in [3.63, 3.8) is 0 Å². The Bertz CT molecular complexity index is 822. The van der Waals surface area contributed by atoms with Crippen LogP contribution in [0.4, 0.5) is 4.39 Å². The number of ether oxygens (including phenoxy) is 1.